The molecule has 4 heterocycles. The number of aromatic nitrogens is 2. The summed E-state index contributed by atoms with van der Waals surface area (Å²) >= 11 is 6.51. The van der Waals surface area contributed by atoms with Crippen LogP contribution in [0.25, 0.3) is 11.4 Å². The van der Waals surface area contributed by atoms with Gasteiger partial charge in [0.25, 0.3) is 0 Å². The molecule has 0 unspecified atom stereocenters. The van der Waals surface area contributed by atoms with Crippen LogP contribution in [0.5, 0.6) is 11.5 Å². The molecule has 27 heavy (non-hydrogen) atoms. The zero-order valence-corrected chi connectivity index (χ0v) is 15.6. The molecule has 3 atom stereocenters. The lowest BCUT2D eigenvalue weighted by Crippen LogP contribution is -2.46. The van der Waals surface area contributed by atoms with Gasteiger partial charge >= 0.3 is 0 Å². The summed E-state index contributed by atoms with van der Waals surface area (Å²) in [5.41, 5.74) is 0.852. The van der Waals surface area contributed by atoms with E-state index in [1.807, 2.05) is 18.5 Å². The Hall–Kier alpha value is -1.80. The van der Waals surface area contributed by atoms with Crippen molar-refractivity contribution in [1.82, 2.24) is 14.5 Å². The Balaban J connectivity index is 1.40. The lowest BCUT2D eigenvalue weighted by atomic mass is 10.1. The molecule has 3 aliphatic heterocycles. The number of hydrogen-bond acceptors (Lipinski definition) is 6. The molecule has 7 nitrogen and oxygen atoms in total. The van der Waals surface area contributed by atoms with E-state index < -0.39 is 0 Å². The molecule has 1 aromatic carbocycles. The van der Waals surface area contributed by atoms with Crippen LogP contribution in [0.15, 0.2) is 24.5 Å². The van der Waals surface area contributed by atoms with E-state index in [4.69, 9.17) is 25.8 Å². The highest BCUT2D eigenvalue weighted by molar-refractivity contribution is 6.33. The number of hydrogen-bond donors (Lipinski definition) is 1. The number of imidazole rings is 1. The number of halogens is 1. The Labute approximate surface area is 162 Å². The molecule has 5 rings (SSSR count). The standard InChI is InChI=1S/C19H22ClN3O4/c20-16-7-18-17(26-11-27-18)6-15(16)19-21-2-3-23(19)12-5-13-10-25-14(1-4-24)9-22(13)8-12/h2-3,6-7,12-14,24H,1,4-5,8-11H2/t12-,13+,14+/m1/s1. The number of fused-ring (bicyclic) bond motifs is 2. The molecule has 2 fully saturated rings. The van der Waals surface area contributed by atoms with Crippen molar-refractivity contribution in [2.45, 2.75) is 31.0 Å². The summed E-state index contributed by atoms with van der Waals surface area (Å²) in [4.78, 5) is 7.05. The molecule has 1 N–H and O–H groups in total. The van der Waals surface area contributed by atoms with Gasteiger partial charge in [-0.05, 0) is 18.9 Å². The Morgan fingerprint density at radius 1 is 1.19 bits per heavy atom. The second-order valence-corrected chi connectivity index (χ2v) is 7.72. The summed E-state index contributed by atoms with van der Waals surface area (Å²) in [6.45, 7) is 2.92. The molecule has 0 amide bonds. The first-order valence-corrected chi connectivity index (χ1v) is 9.69. The molecular formula is C19H22ClN3O4. The molecule has 0 saturated carbocycles. The number of aliphatic hydroxyl groups excluding tert-OH is 1. The number of morpholine rings is 1. The van der Waals surface area contributed by atoms with Gasteiger partial charge in [-0.2, -0.15) is 0 Å². The van der Waals surface area contributed by atoms with Crippen LogP contribution in [0.3, 0.4) is 0 Å². The number of rotatable bonds is 4. The van der Waals surface area contributed by atoms with Gasteiger partial charge in [0.2, 0.25) is 6.79 Å². The van der Waals surface area contributed by atoms with Gasteiger partial charge in [-0.25, -0.2) is 4.98 Å². The van der Waals surface area contributed by atoms with Crippen LogP contribution >= 0.6 is 11.6 Å². The van der Waals surface area contributed by atoms with Crippen molar-refractivity contribution in [1.29, 1.82) is 0 Å². The molecular weight excluding hydrogens is 370 g/mol. The SMILES string of the molecule is OCC[C@H]1CN2C[C@H](n3ccnc3-c3cc4c(cc3Cl)OCO4)C[C@H]2CO1. The van der Waals surface area contributed by atoms with Gasteiger partial charge in [-0.15, -0.1) is 0 Å². The van der Waals surface area contributed by atoms with E-state index in [0.29, 0.717) is 35.0 Å². The summed E-state index contributed by atoms with van der Waals surface area (Å²) < 4.78 is 19.0. The van der Waals surface area contributed by atoms with Gasteiger partial charge in [-0.1, -0.05) is 11.6 Å². The van der Waals surface area contributed by atoms with Crippen molar-refractivity contribution in [3.05, 3.63) is 29.5 Å². The quantitative estimate of drug-likeness (QED) is 0.862. The summed E-state index contributed by atoms with van der Waals surface area (Å²) in [5, 5.41) is 9.78. The highest BCUT2D eigenvalue weighted by Crippen LogP contribution is 2.42. The summed E-state index contributed by atoms with van der Waals surface area (Å²) in [7, 11) is 0. The van der Waals surface area contributed by atoms with Gasteiger partial charge < -0.3 is 23.9 Å². The number of aliphatic hydroxyl groups is 1. The molecule has 0 aliphatic carbocycles. The van der Waals surface area contributed by atoms with E-state index in [-0.39, 0.29) is 19.5 Å². The van der Waals surface area contributed by atoms with Crippen molar-refractivity contribution in [2.24, 2.45) is 0 Å². The minimum Gasteiger partial charge on any atom is -0.454 e. The third kappa shape index (κ3) is 3.08. The highest BCUT2D eigenvalue weighted by atomic mass is 35.5. The van der Waals surface area contributed by atoms with Crippen molar-refractivity contribution >= 4 is 11.6 Å². The Bertz CT molecular complexity index is 842. The van der Waals surface area contributed by atoms with Crippen LogP contribution in [-0.2, 0) is 4.74 Å². The first-order valence-electron chi connectivity index (χ1n) is 9.32. The highest BCUT2D eigenvalue weighted by Gasteiger charge is 2.38. The summed E-state index contributed by atoms with van der Waals surface area (Å²) in [6, 6.07) is 4.42. The first kappa shape index (κ1) is 17.3. The van der Waals surface area contributed by atoms with Gasteiger partial charge in [0.1, 0.15) is 5.82 Å². The van der Waals surface area contributed by atoms with E-state index in [2.05, 4.69) is 14.5 Å². The molecule has 0 spiro atoms. The molecule has 0 radical (unpaired) electrons. The van der Waals surface area contributed by atoms with Crippen LogP contribution in [0.2, 0.25) is 5.02 Å². The van der Waals surface area contributed by atoms with E-state index >= 15 is 0 Å². The molecule has 3 aliphatic rings. The molecule has 2 saturated heterocycles. The normalized spacial score (nSPS) is 27.1. The first-order chi connectivity index (χ1) is 13.2. The fraction of sp³-hybridized carbons (Fsp3) is 0.526. The Morgan fingerprint density at radius 2 is 2.04 bits per heavy atom. The topological polar surface area (TPSA) is 69.0 Å². The van der Waals surface area contributed by atoms with Gasteiger partial charge in [0.15, 0.2) is 11.5 Å². The van der Waals surface area contributed by atoms with E-state index in [9.17, 15) is 5.11 Å². The number of nitrogens with zero attached hydrogens (tertiary/aromatic N) is 3. The average Bonchev–Trinajstić information content (AvgIpc) is 3.39. The zero-order chi connectivity index (χ0) is 18.4. The molecule has 2 aromatic rings. The third-order valence-electron chi connectivity index (χ3n) is 5.68. The van der Waals surface area contributed by atoms with Crippen LogP contribution in [0.4, 0.5) is 0 Å². The molecule has 0 bridgehead atoms. The van der Waals surface area contributed by atoms with E-state index in [0.717, 1.165) is 37.5 Å². The van der Waals surface area contributed by atoms with Gasteiger partial charge in [-0.3, -0.25) is 4.90 Å². The monoisotopic (exact) mass is 391 g/mol. The Morgan fingerprint density at radius 3 is 2.89 bits per heavy atom. The second kappa shape index (κ2) is 6.98. The second-order valence-electron chi connectivity index (χ2n) is 7.31. The van der Waals surface area contributed by atoms with Crippen molar-refractivity contribution in [3.8, 4) is 22.9 Å². The number of benzene rings is 1. The van der Waals surface area contributed by atoms with Crippen LogP contribution < -0.4 is 9.47 Å². The van der Waals surface area contributed by atoms with E-state index in [1.165, 1.54) is 0 Å². The maximum absolute atomic E-state index is 9.17. The molecule has 1 aromatic heterocycles. The largest absolute Gasteiger partial charge is 0.454 e. The van der Waals surface area contributed by atoms with Gasteiger partial charge in [0.05, 0.1) is 17.7 Å². The third-order valence-corrected chi connectivity index (χ3v) is 6.00. The summed E-state index contributed by atoms with van der Waals surface area (Å²) in [6.07, 6.45) is 5.66. The maximum Gasteiger partial charge on any atom is 0.231 e. The van der Waals surface area contributed by atoms with E-state index in [1.54, 1.807) is 6.07 Å². The van der Waals surface area contributed by atoms with Gasteiger partial charge in [0, 0.05) is 55.8 Å². The molecule has 8 heteroatoms. The zero-order valence-electron chi connectivity index (χ0n) is 14.9. The van der Waals surface area contributed by atoms with Crippen LogP contribution in [-0.4, -0.2) is 64.8 Å². The minimum absolute atomic E-state index is 0.121. The lowest BCUT2D eigenvalue weighted by molar-refractivity contribution is -0.0567. The Kier molecular flexibility index (Phi) is 4.47. The summed E-state index contributed by atoms with van der Waals surface area (Å²) in [5.74, 6) is 2.22. The fourth-order valence-corrected chi connectivity index (χ4v) is 4.58. The minimum atomic E-state index is 0.121. The van der Waals surface area contributed by atoms with Crippen molar-refractivity contribution in [3.63, 3.8) is 0 Å². The van der Waals surface area contributed by atoms with Crippen molar-refractivity contribution in [2.75, 3.05) is 33.1 Å². The van der Waals surface area contributed by atoms with Crippen LogP contribution in [0.1, 0.15) is 18.9 Å². The maximum atomic E-state index is 9.17. The predicted molar refractivity (Wildman–Crippen MR) is 99.3 cm³/mol. The lowest BCUT2D eigenvalue weighted by Gasteiger charge is -2.34. The van der Waals surface area contributed by atoms with Crippen molar-refractivity contribution < 1.29 is 19.3 Å². The average molecular weight is 392 g/mol. The number of ether oxygens (including phenoxy) is 3. The molecule has 144 valence electrons. The van der Waals surface area contributed by atoms with Crippen LogP contribution in [0, 0.1) is 0 Å². The predicted octanol–water partition coefficient (Wildman–Crippen LogP) is 2.33. The fourth-order valence-electron chi connectivity index (χ4n) is 4.34. The smallest absolute Gasteiger partial charge is 0.231 e.